The summed E-state index contributed by atoms with van der Waals surface area (Å²) in [6, 6.07) is 5.09. The van der Waals surface area contributed by atoms with Gasteiger partial charge in [0.05, 0.1) is 12.2 Å². The molecule has 2 heterocycles. The van der Waals surface area contributed by atoms with E-state index < -0.39 is 5.63 Å². The van der Waals surface area contributed by atoms with Crippen molar-refractivity contribution in [1.82, 2.24) is 0 Å². The molecule has 1 aromatic carbocycles. The molecule has 0 bridgehead atoms. The van der Waals surface area contributed by atoms with Crippen molar-refractivity contribution in [2.24, 2.45) is 11.1 Å². The van der Waals surface area contributed by atoms with E-state index in [-0.39, 0.29) is 5.92 Å². The second-order valence-corrected chi connectivity index (χ2v) is 4.76. The molecule has 5 heteroatoms. The molecule has 1 aromatic heterocycles. The zero-order valence-electron chi connectivity index (χ0n) is 10.6. The van der Waals surface area contributed by atoms with Gasteiger partial charge in [0.1, 0.15) is 11.5 Å². The van der Waals surface area contributed by atoms with Gasteiger partial charge in [-0.3, -0.25) is 0 Å². The highest BCUT2D eigenvalue weighted by Crippen LogP contribution is 2.34. The number of hydrogen-bond acceptors (Lipinski definition) is 5. The molecule has 2 aromatic rings. The summed E-state index contributed by atoms with van der Waals surface area (Å²) in [5.74, 6) is 0.515. The molecule has 0 fully saturated rings. The normalized spacial score (nSPS) is 20.3. The van der Waals surface area contributed by atoms with Crippen LogP contribution in [0, 0.1) is 12.8 Å². The fourth-order valence-electron chi connectivity index (χ4n) is 2.42. The highest BCUT2D eigenvalue weighted by molar-refractivity contribution is 6.13. The Hall–Kier alpha value is -2.30. The van der Waals surface area contributed by atoms with Crippen LogP contribution in [0.2, 0.25) is 0 Å². The van der Waals surface area contributed by atoms with Gasteiger partial charge in [-0.05, 0) is 24.6 Å². The Morgan fingerprint density at radius 1 is 1.42 bits per heavy atom. The summed E-state index contributed by atoms with van der Waals surface area (Å²) in [5.41, 5.74) is 1.88. The maximum Gasteiger partial charge on any atom is 0.336 e. The van der Waals surface area contributed by atoms with Gasteiger partial charge >= 0.3 is 5.63 Å². The highest BCUT2D eigenvalue weighted by atomic mass is 16.5. The number of oxime groups is 1. The van der Waals surface area contributed by atoms with Crippen LogP contribution in [-0.2, 0) is 0 Å². The van der Waals surface area contributed by atoms with Gasteiger partial charge in [0, 0.05) is 17.4 Å². The number of nitrogens with zero attached hydrogens (tertiary/aromatic N) is 1. The fraction of sp³-hybridized carbons (Fsp3) is 0.286. The van der Waals surface area contributed by atoms with Crippen LogP contribution in [-0.4, -0.2) is 17.5 Å². The summed E-state index contributed by atoms with van der Waals surface area (Å²) in [5, 5.41) is 13.4. The molecule has 1 aliphatic rings. The predicted octanol–water partition coefficient (Wildman–Crippen LogP) is 2.31. The molecule has 0 saturated heterocycles. The quantitative estimate of drug-likeness (QED) is 0.447. The monoisotopic (exact) mass is 259 g/mol. The minimum atomic E-state index is -0.422. The summed E-state index contributed by atoms with van der Waals surface area (Å²) in [6.45, 7) is 4.17. The van der Waals surface area contributed by atoms with Crippen molar-refractivity contribution in [2.75, 3.05) is 6.61 Å². The molecule has 98 valence electrons. The van der Waals surface area contributed by atoms with Gasteiger partial charge in [0.15, 0.2) is 5.58 Å². The zero-order chi connectivity index (χ0) is 13.6. The number of hydrogen-bond donors (Lipinski definition) is 1. The lowest BCUT2D eigenvalue weighted by atomic mass is 9.93. The Balaban J connectivity index is 2.45. The smallest absolute Gasteiger partial charge is 0.336 e. The lowest BCUT2D eigenvalue weighted by Crippen LogP contribution is -2.26. The molecule has 0 radical (unpaired) electrons. The maximum absolute atomic E-state index is 11.6. The van der Waals surface area contributed by atoms with E-state index >= 15 is 0 Å². The minimum Gasteiger partial charge on any atom is -0.492 e. The van der Waals surface area contributed by atoms with Crippen molar-refractivity contribution in [3.63, 3.8) is 0 Å². The van der Waals surface area contributed by atoms with E-state index in [1.807, 2.05) is 26.0 Å². The summed E-state index contributed by atoms with van der Waals surface area (Å²) >= 11 is 0. The summed E-state index contributed by atoms with van der Waals surface area (Å²) in [7, 11) is 0. The molecule has 1 unspecified atom stereocenters. The number of ether oxygens (including phenoxy) is 1. The first-order chi connectivity index (χ1) is 9.11. The van der Waals surface area contributed by atoms with Crippen molar-refractivity contribution in [1.29, 1.82) is 0 Å². The number of fused-ring (bicyclic) bond motifs is 3. The van der Waals surface area contributed by atoms with Gasteiger partial charge in [0.2, 0.25) is 0 Å². The molecule has 1 atom stereocenters. The molecular weight excluding hydrogens is 246 g/mol. The van der Waals surface area contributed by atoms with E-state index in [0.29, 0.717) is 29.2 Å². The van der Waals surface area contributed by atoms with E-state index in [2.05, 4.69) is 5.16 Å². The first-order valence-electron chi connectivity index (χ1n) is 6.04. The first-order valence-corrected chi connectivity index (χ1v) is 6.04. The van der Waals surface area contributed by atoms with E-state index in [1.165, 1.54) is 6.07 Å². The van der Waals surface area contributed by atoms with Crippen molar-refractivity contribution in [3.8, 4) is 5.75 Å². The SMILES string of the molecule is Cc1cc(=O)oc2c3c(ccc12)OCC(C)C3=NO. The second kappa shape index (κ2) is 4.12. The van der Waals surface area contributed by atoms with Crippen molar-refractivity contribution < 1.29 is 14.4 Å². The third kappa shape index (κ3) is 1.69. The van der Waals surface area contributed by atoms with Crippen LogP contribution in [0.25, 0.3) is 11.0 Å². The molecular formula is C14H13NO4. The molecule has 0 amide bonds. The topological polar surface area (TPSA) is 72.0 Å². The molecule has 1 aliphatic heterocycles. The average Bonchev–Trinajstić information content (AvgIpc) is 2.38. The molecule has 5 nitrogen and oxygen atoms in total. The van der Waals surface area contributed by atoms with Crippen molar-refractivity contribution >= 4 is 16.7 Å². The predicted molar refractivity (Wildman–Crippen MR) is 70.2 cm³/mol. The third-order valence-corrected chi connectivity index (χ3v) is 3.40. The van der Waals surface area contributed by atoms with E-state index in [0.717, 1.165) is 10.9 Å². The largest absolute Gasteiger partial charge is 0.492 e. The lowest BCUT2D eigenvalue weighted by Gasteiger charge is -2.24. The zero-order valence-corrected chi connectivity index (χ0v) is 10.6. The molecule has 19 heavy (non-hydrogen) atoms. The Morgan fingerprint density at radius 2 is 2.21 bits per heavy atom. The van der Waals surface area contributed by atoms with Gasteiger partial charge < -0.3 is 14.4 Å². The molecule has 0 saturated carbocycles. The van der Waals surface area contributed by atoms with E-state index in [4.69, 9.17) is 9.15 Å². The van der Waals surface area contributed by atoms with Crippen molar-refractivity contribution in [2.45, 2.75) is 13.8 Å². The number of aryl methyl sites for hydroxylation is 1. The van der Waals surface area contributed by atoms with Crippen molar-refractivity contribution in [3.05, 3.63) is 39.7 Å². The van der Waals surface area contributed by atoms with Gasteiger partial charge in [0.25, 0.3) is 0 Å². The van der Waals surface area contributed by atoms with Crippen LogP contribution >= 0.6 is 0 Å². The summed E-state index contributed by atoms with van der Waals surface area (Å²) in [6.07, 6.45) is 0. The Labute approximate surface area is 109 Å². The third-order valence-electron chi connectivity index (χ3n) is 3.40. The van der Waals surface area contributed by atoms with Gasteiger partial charge in [-0.15, -0.1) is 0 Å². The molecule has 1 N–H and O–H groups in total. The summed E-state index contributed by atoms with van der Waals surface area (Å²) in [4.78, 5) is 11.6. The first kappa shape index (κ1) is 11.8. The van der Waals surface area contributed by atoms with E-state index in [9.17, 15) is 10.0 Å². The van der Waals surface area contributed by atoms with Gasteiger partial charge in [-0.25, -0.2) is 4.79 Å². The molecule has 0 aliphatic carbocycles. The van der Waals surface area contributed by atoms with Crippen LogP contribution in [0.1, 0.15) is 18.1 Å². The van der Waals surface area contributed by atoms with Crippen LogP contribution in [0.15, 0.2) is 32.6 Å². The minimum absolute atomic E-state index is 0.0612. The standard InChI is InChI=1S/C14H13NO4/c1-7-5-11(16)19-14-9(7)3-4-10-12(14)13(15-17)8(2)6-18-10/h3-5,8,17H,6H2,1-2H3. The van der Waals surface area contributed by atoms with Gasteiger partial charge in [-0.1, -0.05) is 12.1 Å². The van der Waals surface area contributed by atoms with Crippen LogP contribution < -0.4 is 10.4 Å². The number of rotatable bonds is 0. The Bertz CT molecular complexity index is 745. The molecule has 0 spiro atoms. The Morgan fingerprint density at radius 3 is 2.95 bits per heavy atom. The number of benzene rings is 1. The fourth-order valence-corrected chi connectivity index (χ4v) is 2.42. The highest BCUT2D eigenvalue weighted by Gasteiger charge is 2.28. The molecule has 3 rings (SSSR count). The van der Waals surface area contributed by atoms with Crippen LogP contribution in [0.3, 0.4) is 0 Å². The average molecular weight is 259 g/mol. The van der Waals surface area contributed by atoms with Crippen LogP contribution in [0.4, 0.5) is 0 Å². The van der Waals surface area contributed by atoms with Crippen LogP contribution in [0.5, 0.6) is 5.75 Å². The van der Waals surface area contributed by atoms with E-state index in [1.54, 1.807) is 0 Å². The maximum atomic E-state index is 11.6. The Kier molecular flexibility index (Phi) is 2.55. The summed E-state index contributed by atoms with van der Waals surface area (Å²) < 4.78 is 10.9. The lowest BCUT2D eigenvalue weighted by molar-refractivity contribution is 0.268. The second-order valence-electron chi connectivity index (χ2n) is 4.76. The van der Waals surface area contributed by atoms with Gasteiger partial charge in [-0.2, -0.15) is 0 Å².